The fraction of sp³-hybridized carbons (Fsp3) is 0.316. The van der Waals surface area contributed by atoms with Crippen LogP contribution in [0.25, 0.3) is 33.4 Å². The Kier molecular flexibility index (Phi) is 25.8. The lowest BCUT2D eigenvalue weighted by atomic mass is 10.00. The van der Waals surface area contributed by atoms with Crippen molar-refractivity contribution < 1.29 is 80.0 Å². The van der Waals surface area contributed by atoms with Crippen LogP contribution in [0.2, 0.25) is 0 Å². The van der Waals surface area contributed by atoms with Gasteiger partial charge in [-0.15, -0.1) is 0 Å². The third-order valence-corrected chi connectivity index (χ3v) is 18.4. The number of esters is 2. The van der Waals surface area contributed by atoms with Gasteiger partial charge in [-0.25, -0.2) is 28.1 Å². The van der Waals surface area contributed by atoms with E-state index in [-0.39, 0.29) is 157 Å². The molecule has 6 aromatic heterocycles. The van der Waals surface area contributed by atoms with E-state index in [4.69, 9.17) is 18.9 Å². The topological polar surface area (TPSA) is 409 Å². The number of fused-ring (bicyclic) bond motifs is 15. The van der Waals surface area contributed by atoms with Gasteiger partial charge in [0.2, 0.25) is 17.7 Å². The van der Waals surface area contributed by atoms with Crippen LogP contribution in [0.4, 0.5) is 30.6 Å². The molecule has 588 valence electrons. The molecule has 9 heterocycles. The number of aromatic nitrogens is 9. The summed E-state index contributed by atoms with van der Waals surface area (Å²) < 4.78 is 74.9. The molecule has 6 bridgehead atoms. The highest BCUT2D eigenvalue weighted by Crippen LogP contribution is 2.42. The average Bonchev–Trinajstić information content (AvgIpc) is 1.60. The second kappa shape index (κ2) is 35.7. The number of pyridine rings is 3. The van der Waals surface area contributed by atoms with E-state index in [1.165, 1.54) is 116 Å². The van der Waals surface area contributed by atoms with Crippen LogP contribution in [0.15, 0.2) is 91.4 Å². The number of halogens is 3. The van der Waals surface area contributed by atoms with E-state index in [2.05, 4.69) is 69.1 Å². The fourth-order valence-corrected chi connectivity index (χ4v) is 12.8. The largest absolute Gasteiger partial charge is 0.482 e. The van der Waals surface area contributed by atoms with E-state index < -0.39 is 65.4 Å². The quantitative estimate of drug-likeness (QED) is 0.0903. The zero-order valence-corrected chi connectivity index (χ0v) is 64.0. The Bertz CT molecular complexity index is 5480. The number of carbonyl (C=O) groups is 9. The smallest absolute Gasteiger partial charge is 0.306 e. The first-order chi connectivity index (χ1) is 54.3. The predicted octanol–water partition coefficient (Wildman–Crippen LogP) is 10.1. The molecule has 3 aromatic carbocycles. The van der Waals surface area contributed by atoms with Crippen molar-refractivity contribution in [2.24, 2.45) is 21.1 Å². The van der Waals surface area contributed by atoms with Gasteiger partial charge in [-0.1, -0.05) is 0 Å². The zero-order chi connectivity index (χ0) is 82.7. The van der Waals surface area contributed by atoms with Gasteiger partial charge in [0.05, 0.1) is 63.3 Å². The third-order valence-electron chi connectivity index (χ3n) is 18.4. The van der Waals surface area contributed by atoms with Crippen molar-refractivity contribution in [3.63, 3.8) is 0 Å². The molecule has 3 aliphatic rings. The molecule has 0 fully saturated rings. The van der Waals surface area contributed by atoms with Gasteiger partial charge in [0.25, 0.3) is 17.7 Å². The van der Waals surface area contributed by atoms with Gasteiger partial charge in [0, 0.05) is 153 Å². The highest BCUT2D eigenvalue weighted by molar-refractivity contribution is 5.99. The number of ether oxygens (including phenoxy) is 5. The van der Waals surface area contributed by atoms with Crippen molar-refractivity contribution in [3.8, 4) is 68.8 Å². The normalized spacial score (nSPS) is 14.7. The molecule has 9 aromatic rings. The molecule has 6 amide bonds. The van der Waals surface area contributed by atoms with E-state index in [9.17, 15) is 72.1 Å². The number of amides is 6. The first-order valence-electron chi connectivity index (χ1n) is 35.5. The molecule has 0 saturated carbocycles. The maximum atomic E-state index is 14.3. The lowest BCUT2D eigenvalue weighted by molar-refractivity contribution is -0.144. The summed E-state index contributed by atoms with van der Waals surface area (Å²) in [4.78, 5) is 130. The van der Waals surface area contributed by atoms with E-state index in [1.807, 2.05) is 0 Å². The van der Waals surface area contributed by atoms with Crippen LogP contribution in [0.1, 0.15) is 173 Å². The van der Waals surface area contributed by atoms with Gasteiger partial charge in [-0.05, 0) is 107 Å². The van der Waals surface area contributed by atoms with E-state index in [1.54, 1.807) is 88.2 Å². The maximum absolute atomic E-state index is 14.3. The zero-order valence-electron chi connectivity index (χ0n) is 64.0. The molecular weight excluding hydrogens is 1480 g/mol. The Hall–Kier alpha value is -14.2. The van der Waals surface area contributed by atoms with Crippen molar-refractivity contribution in [1.82, 2.24) is 59.0 Å². The molecule has 3 aliphatic heterocycles. The monoisotopic (exact) mass is 1560 g/mol. The number of nitriles is 3. The van der Waals surface area contributed by atoms with Crippen molar-refractivity contribution in [2.75, 3.05) is 50.8 Å². The molecule has 114 heavy (non-hydrogen) atoms. The number of methoxy groups -OCH3 is 1. The number of hydrogen-bond acceptors (Lipinski definition) is 23. The lowest BCUT2D eigenvalue weighted by Crippen LogP contribution is -2.28. The number of ketones is 1. The van der Waals surface area contributed by atoms with Crippen molar-refractivity contribution in [2.45, 2.75) is 111 Å². The Morgan fingerprint density at radius 2 is 0.772 bits per heavy atom. The van der Waals surface area contributed by atoms with E-state index in [0.717, 1.165) is 0 Å². The number of carbonyl (C=O) groups excluding carboxylic acids is 9. The molecule has 3 unspecified atom stereocenters. The molecule has 12 rings (SSSR count). The summed E-state index contributed by atoms with van der Waals surface area (Å²) >= 11 is 0. The van der Waals surface area contributed by atoms with Gasteiger partial charge in [-0.3, -0.25) is 52.4 Å². The molecular formula is C79H77F3N18O14. The fourth-order valence-electron chi connectivity index (χ4n) is 12.8. The second-order valence-electron chi connectivity index (χ2n) is 26.6. The Labute approximate surface area is 650 Å². The van der Waals surface area contributed by atoms with Gasteiger partial charge in [0.15, 0.2) is 34.7 Å². The Morgan fingerprint density at radius 1 is 0.474 bits per heavy atom. The number of rotatable bonds is 13. The Balaban J connectivity index is 0.000000181. The van der Waals surface area contributed by atoms with Crippen LogP contribution in [-0.2, 0) is 79.0 Å². The van der Waals surface area contributed by atoms with Crippen LogP contribution in [0, 0.1) is 51.4 Å². The van der Waals surface area contributed by atoms with Gasteiger partial charge in [-0.2, -0.15) is 31.1 Å². The molecule has 3 N–H and O–H groups in total. The highest BCUT2D eigenvalue weighted by atomic mass is 19.1. The van der Waals surface area contributed by atoms with Crippen LogP contribution in [0.3, 0.4) is 0 Å². The van der Waals surface area contributed by atoms with E-state index in [0.29, 0.717) is 67.2 Å². The second-order valence-corrected chi connectivity index (χ2v) is 26.6. The highest BCUT2D eigenvalue weighted by Gasteiger charge is 2.33. The summed E-state index contributed by atoms with van der Waals surface area (Å²) in [6, 6.07) is 22.7. The summed E-state index contributed by atoms with van der Waals surface area (Å²) in [5.74, 6) is -4.77. The molecule has 32 nitrogen and oxygen atoms in total. The summed E-state index contributed by atoms with van der Waals surface area (Å²) in [6.45, 7) is 8.43. The maximum Gasteiger partial charge on any atom is 0.306 e. The summed E-state index contributed by atoms with van der Waals surface area (Å²) in [6.07, 6.45) is 1.43. The van der Waals surface area contributed by atoms with Crippen LogP contribution in [-0.4, -0.2) is 147 Å². The molecule has 3 atom stereocenters. The molecule has 0 saturated heterocycles. The molecule has 0 aliphatic carbocycles. The minimum Gasteiger partial charge on any atom is -0.482 e. The van der Waals surface area contributed by atoms with Gasteiger partial charge >= 0.3 is 11.9 Å². The Morgan fingerprint density at radius 3 is 1.05 bits per heavy atom. The lowest BCUT2D eigenvalue weighted by Gasteiger charge is -2.24. The molecule has 35 heteroatoms. The number of hydrogen-bond donors (Lipinski definition) is 3. The number of nitrogens with zero attached hydrogens (tertiary/aromatic N) is 15. The number of nitrogens with one attached hydrogen (secondary N) is 3. The minimum absolute atomic E-state index is 0.0338. The summed E-state index contributed by atoms with van der Waals surface area (Å²) in [5.41, 5.74) is 6.56. The van der Waals surface area contributed by atoms with E-state index >= 15 is 0 Å². The number of aryl methyl sites for hydroxylation is 3. The standard InChI is InChI=1S/C27H27FN6O5.C26H25FN6O5.C26H25FN6O4/c1-5-38-24(36)9-8-23(35)31-26-22-10-16(13-30-26)25-20(32-34(4)21(25)12-29)14-33(3)27(37)18-7-6-17(28)11-19(18)15(2)39-22;1-14-18-10-16(27)5-6-17(18)26(36)32(2)13-19-24(20(11-28)33(3)31-19)15-9-21(38-14)25(29-12-15)30-22(34)7-8-23(35)37-4;1-14(34)5-8-23(35)30-25-22-9-16(12-29-25)24-20(31-33(4)21(24)11-28)13-32(3)26(36)18-7-6-17(27)10-19(18)15(2)37-22/h6-7,10-11,13,15H,5,8-9,14H2,1-4H3,(H,30,31,35);5-6,9-10,12,14H,7-8,13H2,1-4H3,(H,29,30,34);6-7,9-10,12,15H,5,8,13H2,1-4H3,(H,29,30,35). The first kappa shape index (κ1) is 82.3. The molecule has 0 radical (unpaired) electrons. The molecule has 0 spiro atoms. The first-order valence-corrected chi connectivity index (χ1v) is 35.5. The van der Waals surface area contributed by atoms with Crippen molar-refractivity contribution in [3.05, 3.63) is 176 Å². The van der Waals surface area contributed by atoms with Gasteiger partial charge < -0.3 is 59.1 Å². The summed E-state index contributed by atoms with van der Waals surface area (Å²) in [5, 5.41) is 50.8. The van der Waals surface area contributed by atoms with Crippen LogP contribution < -0.4 is 30.2 Å². The van der Waals surface area contributed by atoms with Crippen LogP contribution in [0.5, 0.6) is 17.2 Å². The van der Waals surface area contributed by atoms with Crippen molar-refractivity contribution >= 4 is 70.6 Å². The SMILES string of the molecule is CC(=O)CCC(=O)Nc1ncc2cc1OC(C)c1cc(F)ccc1C(=O)N(C)Cc1nn(C)c(C#N)c1-2.CCOC(=O)CCC(=O)Nc1ncc2cc1OC(C)c1cc(F)ccc1C(=O)N(C)Cc1nn(C)c(C#N)c1-2.COC(=O)CCC(=O)Nc1ncc2cc1OC(C)c1cc(F)ccc1C(=O)N(C)Cc1nn(C)c(C#N)c1-2. The van der Waals surface area contributed by atoms with Crippen LogP contribution >= 0.6 is 0 Å². The number of benzene rings is 3. The summed E-state index contributed by atoms with van der Waals surface area (Å²) in [7, 11) is 10.9. The number of Topliss-reactive ketones (excluding diaryl/α,β-unsaturated/α-hetero) is 1. The van der Waals surface area contributed by atoms with Gasteiger partial charge in [0.1, 0.15) is 76.8 Å². The third kappa shape index (κ3) is 18.6. The number of anilines is 3. The minimum atomic E-state index is -0.830. The average molecular weight is 1560 g/mol. The predicted molar refractivity (Wildman–Crippen MR) is 400 cm³/mol. The van der Waals surface area contributed by atoms with Crippen molar-refractivity contribution in [1.29, 1.82) is 15.8 Å².